The van der Waals surface area contributed by atoms with Crippen LogP contribution in [-0.4, -0.2) is 73.4 Å². The van der Waals surface area contributed by atoms with E-state index in [4.69, 9.17) is 9.05 Å². The first kappa shape index (κ1) is 64.5. The van der Waals surface area contributed by atoms with Crippen molar-refractivity contribution in [2.75, 3.05) is 40.9 Å². The van der Waals surface area contributed by atoms with Gasteiger partial charge in [0.05, 0.1) is 39.9 Å². The van der Waals surface area contributed by atoms with Gasteiger partial charge < -0.3 is 19.8 Å². The second kappa shape index (κ2) is 48.5. The van der Waals surface area contributed by atoms with Gasteiger partial charge in [-0.1, -0.05) is 236 Å². The van der Waals surface area contributed by atoms with Crippen molar-refractivity contribution in [3.8, 4) is 0 Å². The Morgan fingerprint density at radius 3 is 1.30 bits per heavy atom. The average Bonchev–Trinajstić information content (AvgIpc) is 3.28. The SMILES string of the molecule is CCCCCCC/C=C\C/C=C\CCCCCCCCCCCCCCCCCCCCCCCC(=O)NC(COP(=O)(O)OCC[N+](C)(C)C)C(O)/C=C/CC/C=C/CCCCCCC. The molecule has 0 fully saturated rings. The zero-order valence-corrected chi connectivity index (χ0v) is 45.1. The molecular weight excluding hydrogens is 840 g/mol. The number of nitrogens with one attached hydrogen (secondary N) is 1. The van der Waals surface area contributed by atoms with Gasteiger partial charge in [0, 0.05) is 6.42 Å². The second-order valence-electron chi connectivity index (χ2n) is 20.3. The molecule has 388 valence electrons. The molecule has 8 nitrogen and oxygen atoms in total. The molecule has 0 radical (unpaired) electrons. The number of hydrogen-bond acceptors (Lipinski definition) is 5. The molecule has 0 rings (SSSR count). The zero-order chi connectivity index (χ0) is 48.5. The fourth-order valence-corrected chi connectivity index (χ4v) is 8.82. The number of likely N-dealkylation sites (N-methyl/N-ethyl adjacent to an activating group) is 1. The molecule has 3 N–H and O–H groups in total. The Morgan fingerprint density at radius 1 is 0.515 bits per heavy atom. The van der Waals surface area contributed by atoms with Gasteiger partial charge in [-0.25, -0.2) is 4.57 Å². The summed E-state index contributed by atoms with van der Waals surface area (Å²) in [6, 6.07) is -0.861. The van der Waals surface area contributed by atoms with Gasteiger partial charge in [0.25, 0.3) is 0 Å². The summed E-state index contributed by atoms with van der Waals surface area (Å²) in [5.74, 6) is -0.186. The molecule has 3 atom stereocenters. The lowest BCUT2D eigenvalue weighted by molar-refractivity contribution is -0.870. The van der Waals surface area contributed by atoms with Gasteiger partial charge in [-0.05, 0) is 64.2 Å². The Morgan fingerprint density at radius 2 is 0.879 bits per heavy atom. The van der Waals surface area contributed by atoms with Gasteiger partial charge in [-0.15, -0.1) is 0 Å². The predicted octanol–water partition coefficient (Wildman–Crippen LogP) is 16.8. The molecule has 0 heterocycles. The number of aliphatic hydroxyl groups is 1. The van der Waals surface area contributed by atoms with E-state index in [0.717, 1.165) is 44.9 Å². The highest BCUT2D eigenvalue weighted by atomic mass is 31.2. The predicted molar refractivity (Wildman–Crippen MR) is 286 cm³/mol. The van der Waals surface area contributed by atoms with Crippen molar-refractivity contribution in [1.82, 2.24) is 5.32 Å². The minimum Gasteiger partial charge on any atom is -0.387 e. The molecule has 1 amide bonds. The van der Waals surface area contributed by atoms with E-state index in [0.29, 0.717) is 17.4 Å². The number of carbonyl (C=O) groups is 1. The molecule has 0 aliphatic heterocycles. The first-order valence-electron chi connectivity index (χ1n) is 28.0. The van der Waals surface area contributed by atoms with Crippen LogP contribution in [0, 0.1) is 0 Å². The number of hydrogen-bond donors (Lipinski definition) is 3. The topological polar surface area (TPSA) is 105 Å². The second-order valence-corrected chi connectivity index (χ2v) is 21.8. The smallest absolute Gasteiger partial charge is 0.387 e. The highest BCUT2D eigenvalue weighted by Crippen LogP contribution is 2.43. The first-order chi connectivity index (χ1) is 32.0. The monoisotopic (exact) mass is 950 g/mol. The number of aliphatic hydroxyl groups excluding tert-OH is 1. The van der Waals surface area contributed by atoms with Gasteiger partial charge >= 0.3 is 7.82 Å². The molecule has 0 aromatic rings. The summed E-state index contributed by atoms with van der Waals surface area (Å²) in [6.45, 7) is 4.77. The van der Waals surface area contributed by atoms with Crippen LogP contribution in [0.1, 0.15) is 258 Å². The number of unbranched alkanes of at least 4 members (excludes halogenated alkanes) is 32. The Bertz CT molecular complexity index is 1210. The van der Waals surface area contributed by atoms with Crippen molar-refractivity contribution in [2.45, 2.75) is 270 Å². The number of phosphoric ester groups is 1. The maximum Gasteiger partial charge on any atom is 0.472 e. The number of rotatable bonds is 51. The van der Waals surface area contributed by atoms with Gasteiger partial charge in [-0.2, -0.15) is 0 Å². The van der Waals surface area contributed by atoms with Crippen LogP contribution in [0.4, 0.5) is 0 Å². The maximum absolute atomic E-state index is 12.9. The molecule has 0 aliphatic carbocycles. The number of phosphoric acid groups is 1. The van der Waals surface area contributed by atoms with Crippen molar-refractivity contribution < 1.29 is 32.9 Å². The van der Waals surface area contributed by atoms with Crippen molar-refractivity contribution in [2.24, 2.45) is 0 Å². The van der Waals surface area contributed by atoms with E-state index in [9.17, 15) is 19.4 Å². The first-order valence-corrected chi connectivity index (χ1v) is 29.5. The molecule has 9 heteroatoms. The summed E-state index contributed by atoms with van der Waals surface area (Å²) in [4.78, 5) is 23.2. The van der Waals surface area contributed by atoms with Gasteiger partial charge in [0.15, 0.2) is 0 Å². The maximum atomic E-state index is 12.9. The number of allylic oxidation sites excluding steroid dienone is 7. The van der Waals surface area contributed by atoms with Crippen LogP contribution in [0.5, 0.6) is 0 Å². The largest absolute Gasteiger partial charge is 0.472 e. The Labute approximate surface area is 409 Å². The molecule has 0 spiro atoms. The van der Waals surface area contributed by atoms with Crippen LogP contribution in [0.2, 0.25) is 0 Å². The van der Waals surface area contributed by atoms with Crippen LogP contribution >= 0.6 is 7.82 Å². The summed E-state index contributed by atoms with van der Waals surface area (Å²) in [6.07, 6.45) is 63.8. The molecule has 0 saturated heterocycles. The fraction of sp³-hybridized carbons (Fsp3) is 0.842. The van der Waals surface area contributed by atoms with Crippen molar-refractivity contribution in [3.63, 3.8) is 0 Å². The van der Waals surface area contributed by atoms with E-state index in [-0.39, 0.29) is 19.1 Å². The van der Waals surface area contributed by atoms with Crippen LogP contribution < -0.4 is 5.32 Å². The molecular formula is C57H110N2O6P+. The van der Waals surface area contributed by atoms with Crippen molar-refractivity contribution in [3.05, 3.63) is 48.6 Å². The number of carbonyl (C=O) groups excluding carboxylic acids is 1. The highest BCUT2D eigenvalue weighted by molar-refractivity contribution is 7.47. The third kappa shape index (κ3) is 50.3. The van der Waals surface area contributed by atoms with Gasteiger partial charge in [0.1, 0.15) is 13.2 Å². The van der Waals surface area contributed by atoms with Crippen LogP contribution in [0.15, 0.2) is 48.6 Å². The summed E-state index contributed by atoms with van der Waals surface area (Å²) in [7, 11) is 1.56. The number of nitrogens with zero attached hydrogens (tertiary/aromatic N) is 1. The van der Waals surface area contributed by atoms with E-state index >= 15 is 0 Å². The summed E-state index contributed by atoms with van der Waals surface area (Å²) in [5, 5.41) is 13.8. The molecule has 66 heavy (non-hydrogen) atoms. The lowest BCUT2D eigenvalue weighted by Gasteiger charge is -2.25. The Kier molecular flexibility index (Phi) is 47.4. The third-order valence-corrected chi connectivity index (χ3v) is 13.5. The fourth-order valence-electron chi connectivity index (χ4n) is 8.09. The molecule has 0 aromatic carbocycles. The average molecular weight is 950 g/mol. The Balaban J connectivity index is 3.97. The van der Waals surface area contributed by atoms with E-state index in [1.165, 1.54) is 193 Å². The van der Waals surface area contributed by atoms with E-state index in [1.807, 2.05) is 27.2 Å². The summed E-state index contributed by atoms with van der Waals surface area (Å²) >= 11 is 0. The number of amides is 1. The molecule has 0 aromatic heterocycles. The van der Waals surface area contributed by atoms with Crippen LogP contribution in [0.3, 0.4) is 0 Å². The van der Waals surface area contributed by atoms with Crippen LogP contribution in [0.25, 0.3) is 0 Å². The quantitative estimate of drug-likeness (QED) is 0.0243. The molecule has 0 saturated carbocycles. The van der Waals surface area contributed by atoms with Gasteiger partial charge in [-0.3, -0.25) is 13.8 Å². The Hall–Kier alpha value is -1.54. The standard InChI is InChI=1S/C57H109N2O6P/c1-6-8-10-12-14-16-18-19-20-21-22-23-24-25-26-27-28-29-30-31-32-33-34-35-36-37-38-39-41-43-45-47-49-51-57(61)58-55(54-65-66(62,63)64-53-52-59(3,4)5)56(60)50-48-46-44-42-40-17-15-13-11-9-7-2/h18-19,21-22,40,42,48,50,55-56,60H,6-17,20,23-39,41,43-47,49,51-54H2,1-5H3,(H-,58,61,62,63)/p+1/b19-18-,22-21-,42-40+,50-48+. The minimum atomic E-state index is -4.35. The molecule has 0 aliphatic rings. The van der Waals surface area contributed by atoms with Crippen molar-refractivity contribution >= 4 is 13.7 Å². The normalized spacial score (nSPS) is 14.3. The lowest BCUT2D eigenvalue weighted by atomic mass is 10.0. The summed E-state index contributed by atoms with van der Waals surface area (Å²) in [5.41, 5.74) is 0. The zero-order valence-electron chi connectivity index (χ0n) is 44.2. The minimum absolute atomic E-state index is 0.0565. The van der Waals surface area contributed by atoms with E-state index < -0.39 is 20.0 Å². The van der Waals surface area contributed by atoms with E-state index in [2.05, 4.69) is 55.6 Å². The summed E-state index contributed by atoms with van der Waals surface area (Å²) < 4.78 is 23.6. The molecule has 3 unspecified atom stereocenters. The van der Waals surface area contributed by atoms with Crippen molar-refractivity contribution in [1.29, 1.82) is 0 Å². The molecule has 0 bridgehead atoms. The van der Waals surface area contributed by atoms with Crippen LogP contribution in [-0.2, 0) is 18.4 Å². The van der Waals surface area contributed by atoms with Gasteiger partial charge in [0.2, 0.25) is 5.91 Å². The lowest BCUT2D eigenvalue weighted by Crippen LogP contribution is -2.45. The third-order valence-electron chi connectivity index (χ3n) is 12.5. The highest BCUT2D eigenvalue weighted by Gasteiger charge is 2.27. The number of quaternary nitrogens is 1. The van der Waals surface area contributed by atoms with E-state index in [1.54, 1.807) is 6.08 Å².